The zero-order valence-corrected chi connectivity index (χ0v) is 14.8. The molecule has 5 heteroatoms. The monoisotopic (exact) mass is 337 g/mol. The second kappa shape index (κ2) is 7.49. The number of rotatable bonds is 6. The number of carbonyl (C=O) groups excluding carboxylic acids is 1. The average molecular weight is 337 g/mol. The number of fused-ring (bicyclic) bond motifs is 1. The molecule has 0 radical (unpaired) electrons. The fraction of sp³-hybridized carbons (Fsp3) is 0.300. The predicted octanol–water partition coefficient (Wildman–Crippen LogP) is 3.55. The van der Waals surface area contributed by atoms with Gasteiger partial charge in [0.2, 0.25) is 5.91 Å². The maximum Gasteiger partial charge on any atom is 0.246 e. The van der Waals surface area contributed by atoms with Gasteiger partial charge in [0.15, 0.2) is 0 Å². The summed E-state index contributed by atoms with van der Waals surface area (Å²) in [7, 11) is 0. The Morgan fingerprint density at radius 3 is 2.80 bits per heavy atom. The van der Waals surface area contributed by atoms with Gasteiger partial charge in [-0.15, -0.1) is 0 Å². The van der Waals surface area contributed by atoms with Gasteiger partial charge in [0.1, 0.15) is 6.61 Å². The summed E-state index contributed by atoms with van der Waals surface area (Å²) in [4.78, 5) is 11.9. The van der Waals surface area contributed by atoms with Crippen LogP contribution in [0.3, 0.4) is 0 Å². The van der Waals surface area contributed by atoms with E-state index in [1.807, 2.05) is 49.8 Å². The normalized spacial score (nSPS) is 12.3. The summed E-state index contributed by atoms with van der Waals surface area (Å²) in [6.45, 7) is 6.46. The lowest BCUT2D eigenvalue weighted by Crippen LogP contribution is -2.30. The maximum atomic E-state index is 11.9. The van der Waals surface area contributed by atoms with E-state index >= 15 is 0 Å². The third-order valence-corrected chi connectivity index (χ3v) is 4.32. The SMILES string of the molecule is CCOCC(=O)NC(C)c1cnn(-c2cccc3ccccc23)c1C. The molecule has 0 saturated carbocycles. The van der Waals surface area contributed by atoms with Crippen molar-refractivity contribution in [3.8, 4) is 5.69 Å². The molecule has 1 N–H and O–H groups in total. The Morgan fingerprint density at radius 2 is 2.00 bits per heavy atom. The first-order chi connectivity index (χ1) is 12.1. The van der Waals surface area contributed by atoms with Crippen molar-refractivity contribution < 1.29 is 9.53 Å². The van der Waals surface area contributed by atoms with Gasteiger partial charge in [0, 0.05) is 23.3 Å². The molecule has 2 aromatic carbocycles. The summed E-state index contributed by atoms with van der Waals surface area (Å²) in [5.41, 5.74) is 3.05. The first-order valence-electron chi connectivity index (χ1n) is 8.51. The van der Waals surface area contributed by atoms with Crippen LogP contribution in [0.2, 0.25) is 0 Å². The van der Waals surface area contributed by atoms with Gasteiger partial charge in [-0.25, -0.2) is 4.68 Å². The minimum atomic E-state index is -0.128. The standard InChI is InChI=1S/C20H23N3O2/c1-4-25-13-20(24)22-14(2)18-12-21-23(15(18)3)19-11-7-9-16-8-5-6-10-17(16)19/h5-12,14H,4,13H2,1-3H3,(H,22,24). The van der Waals surface area contributed by atoms with E-state index < -0.39 is 0 Å². The number of benzene rings is 2. The van der Waals surface area contributed by atoms with Gasteiger partial charge in [0.25, 0.3) is 0 Å². The van der Waals surface area contributed by atoms with Gasteiger partial charge in [0.05, 0.1) is 17.9 Å². The summed E-state index contributed by atoms with van der Waals surface area (Å²) >= 11 is 0. The Balaban J connectivity index is 1.89. The summed E-state index contributed by atoms with van der Waals surface area (Å²) in [5, 5.41) is 9.84. The van der Waals surface area contributed by atoms with E-state index in [1.54, 1.807) is 0 Å². The van der Waals surface area contributed by atoms with Gasteiger partial charge in [-0.2, -0.15) is 5.10 Å². The number of aromatic nitrogens is 2. The minimum Gasteiger partial charge on any atom is -0.372 e. The van der Waals surface area contributed by atoms with Gasteiger partial charge >= 0.3 is 0 Å². The molecular weight excluding hydrogens is 314 g/mol. The van der Waals surface area contributed by atoms with Crippen molar-refractivity contribution >= 4 is 16.7 Å². The minimum absolute atomic E-state index is 0.0807. The molecule has 0 fully saturated rings. The molecule has 0 aliphatic heterocycles. The Kier molecular flexibility index (Phi) is 5.14. The second-order valence-corrected chi connectivity index (χ2v) is 6.02. The van der Waals surface area contributed by atoms with Gasteiger partial charge in [-0.3, -0.25) is 4.79 Å². The molecular formula is C20H23N3O2. The summed E-state index contributed by atoms with van der Waals surface area (Å²) in [6, 6.07) is 14.3. The largest absolute Gasteiger partial charge is 0.372 e. The molecule has 1 heterocycles. The average Bonchev–Trinajstić information content (AvgIpc) is 3.01. The fourth-order valence-electron chi connectivity index (χ4n) is 3.04. The summed E-state index contributed by atoms with van der Waals surface area (Å²) < 4.78 is 7.09. The second-order valence-electron chi connectivity index (χ2n) is 6.02. The molecule has 0 saturated heterocycles. The van der Waals surface area contributed by atoms with Crippen molar-refractivity contribution in [1.29, 1.82) is 0 Å². The molecule has 0 spiro atoms. The van der Waals surface area contributed by atoms with Crippen molar-refractivity contribution in [3.63, 3.8) is 0 Å². The lowest BCUT2D eigenvalue weighted by atomic mass is 10.1. The Bertz CT molecular complexity index is 880. The smallest absolute Gasteiger partial charge is 0.246 e. The molecule has 1 amide bonds. The van der Waals surface area contributed by atoms with E-state index in [1.165, 1.54) is 5.39 Å². The number of nitrogens with zero attached hydrogens (tertiary/aromatic N) is 2. The lowest BCUT2D eigenvalue weighted by molar-refractivity contribution is -0.126. The van der Waals surface area contributed by atoms with E-state index in [0.29, 0.717) is 6.61 Å². The lowest BCUT2D eigenvalue weighted by Gasteiger charge is -2.14. The van der Waals surface area contributed by atoms with Crippen LogP contribution in [0.1, 0.15) is 31.1 Å². The van der Waals surface area contributed by atoms with E-state index in [0.717, 1.165) is 22.3 Å². The molecule has 0 aliphatic rings. The molecule has 1 aromatic heterocycles. The van der Waals surface area contributed by atoms with E-state index in [4.69, 9.17) is 4.74 Å². The van der Waals surface area contributed by atoms with Crippen molar-refractivity contribution in [2.75, 3.05) is 13.2 Å². The van der Waals surface area contributed by atoms with Crippen LogP contribution in [0.25, 0.3) is 16.5 Å². The Labute approximate surface area is 147 Å². The summed E-state index contributed by atoms with van der Waals surface area (Å²) in [6.07, 6.45) is 1.82. The van der Waals surface area contributed by atoms with E-state index in [9.17, 15) is 4.79 Å². The van der Waals surface area contributed by atoms with Crippen molar-refractivity contribution in [3.05, 3.63) is 59.9 Å². The highest BCUT2D eigenvalue weighted by Gasteiger charge is 2.17. The molecule has 1 atom stereocenters. The zero-order valence-electron chi connectivity index (χ0n) is 14.8. The predicted molar refractivity (Wildman–Crippen MR) is 98.9 cm³/mol. The molecule has 0 aliphatic carbocycles. The maximum absolute atomic E-state index is 11.9. The molecule has 130 valence electrons. The fourth-order valence-corrected chi connectivity index (χ4v) is 3.04. The van der Waals surface area contributed by atoms with Crippen LogP contribution in [-0.2, 0) is 9.53 Å². The van der Waals surface area contributed by atoms with Gasteiger partial charge < -0.3 is 10.1 Å². The first-order valence-corrected chi connectivity index (χ1v) is 8.51. The topological polar surface area (TPSA) is 56.1 Å². The molecule has 1 unspecified atom stereocenters. The van der Waals surface area contributed by atoms with Crippen LogP contribution in [0.4, 0.5) is 0 Å². The summed E-state index contributed by atoms with van der Waals surface area (Å²) in [5.74, 6) is -0.119. The van der Waals surface area contributed by atoms with Crippen LogP contribution in [0, 0.1) is 6.92 Å². The first kappa shape index (κ1) is 17.2. The van der Waals surface area contributed by atoms with Crippen LogP contribution in [0.5, 0.6) is 0 Å². The number of hydrogen-bond acceptors (Lipinski definition) is 3. The van der Waals surface area contributed by atoms with Gasteiger partial charge in [-0.1, -0.05) is 36.4 Å². The number of ether oxygens (including phenoxy) is 1. The van der Waals surface area contributed by atoms with Crippen molar-refractivity contribution in [2.45, 2.75) is 26.8 Å². The van der Waals surface area contributed by atoms with E-state index in [2.05, 4.69) is 34.7 Å². The molecule has 3 aromatic rings. The van der Waals surface area contributed by atoms with Crippen molar-refractivity contribution in [2.24, 2.45) is 0 Å². The Morgan fingerprint density at radius 1 is 1.24 bits per heavy atom. The number of amides is 1. The molecule has 3 rings (SSSR count). The number of nitrogens with one attached hydrogen (secondary N) is 1. The van der Waals surface area contributed by atoms with Crippen LogP contribution in [0.15, 0.2) is 48.7 Å². The third kappa shape index (κ3) is 3.56. The quantitative estimate of drug-likeness (QED) is 0.748. The molecule has 25 heavy (non-hydrogen) atoms. The van der Waals surface area contributed by atoms with E-state index in [-0.39, 0.29) is 18.6 Å². The molecule has 5 nitrogen and oxygen atoms in total. The highest BCUT2D eigenvalue weighted by atomic mass is 16.5. The zero-order chi connectivity index (χ0) is 17.8. The third-order valence-electron chi connectivity index (χ3n) is 4.32. The van der Waals surface area contributed by atoms with Crippen LogP contribution in [-0.4, -0.2) is 28.9 Å². The van der Waals surface area contributed by atoms with Crippen molar-refractivity contribution in [1.82, 2.24) is 15.1 Å². The van der Waals surface area contributed by atoms with Crippen LogP contribution < -0.4 is 5.32 Å². The Hall–Kier alpha value is -2.66. The molecule has 0 bridgehead atoms. The highest BCUT2D eigenvalue weighted by molar-refractivity contribution is 5.90. The van der Waals surface area contributed by atoms with Crippen LogP contribution >= 0.6 is 0 Å². The highest BCUT2D eigenvalue weighted by Crippen LogP contribution is 2.25. The number of carbonyl (C=O) groups is 1. The van der Waals surface area contributed by atoms with Gasteiger partial charge in [-0.05, 0) is 32.2 Å². The number of hydrogen-bond donors (Lipinski definition) is 1.